The van der Waals surface area contributed by atoms with E-state index in [2.05, 4.69) is 34.9 Å². The van der Waals surface area contributed by atoms with Gasteiger partial charge in [0.05, 0.1) is 13.2 Å². The van der Waals surface area contributed by atoms with Crippen molar-refractivity contribution < 1.29 is 29.0 Å². The van der Waals surface area contributed by atoms with E-state index in [1.54, 1.807) is 0 Å². The fourth-order valence-corrected chi connectivity index (χ4v) is 4.12. The van der Waals surface area contributed by atoms with Gasteiger partial charge in [-0.3, -0.25) is 9.59 Å². The first kappa shape index (κ1) is 25.2. The van der Waals surface area contributed by atoms with Gasteiger partial charge in [0.1, 0.15) is 6.61 Å². The summed E-state index contributed by atoms with van der Waals surface area (Å²) in [6.45, 7) is 2.89. The molecule has 8 heteroatoms. The molecule has 2 amide bonds. The smallest absolute Gasteiger partial charge is 0.407 e. The Morgan fingerprint density at radius 3 is 2.26 bits per heavy atom. The summed E-state index contributed by atoms with van der Waals surface area (Å²) in [7, 11) is 0. The quantitative estimate of drug-likeness (QED) is 0.386. The number of alkyl carbamates (subject to hydrolysis) is 1. The molecule has 1 atom stereocenters. The number of nitrogens with one attached hydrogen (secondary N) is 2. The lowest BCUT2D eigenvalue weighted by atomic mass is 9.98. The van der Waals surface area contributed by atoms with Gasteiger partial charge < -0.3 is 25.2 Å². The van der Waals surface area contributed by atoms with Crippen LogP contribution in [0.4, 0.5) is 4.79 Å². The molecule has 2 aromatic carbocycles. The van der Waals surface area contributed by atoms with Crippen LogP contribution in [0.2, 0.25) is 0 Å². The number of carbonyl (C=O) groups excluding carboxylic acids is 2. The van der Waals surface area contributed by atoms with Crippen LogP contribution in [0, 0.1) is 0 Å². The van der Waals surface area contributed by atoms with Crippen molar-refractivity contribution in [2.75, 3.05) is 26.4 Å². The van der Waals surface area contributed by atoms with Gasteiger partial charge in [0.25, 0.3) is 0 Å². The van der Waals surface area contributed by atoms with E-state index < -0.39 is 12.1 Å². The number of hydrogen-bond acceptors (Lipinski definition) is 5. The number of rotatable bonds is 13. The molecule has 0 fully saturated rings. The van der Waals surface area contributed by atoms with Gasteiger partial charge >= 0.3 is 12.1 Å². The number of amides is 2. The average molecular weight is 469 g/mol. The van der Waals surface area contributed by atoms with E-state index in [0.29, 0.717) is 12.8 Å². The zero-order chi connectivity index (χ0) is 24.3. The number of ether oxygens (including phenoxy) is 2. The Morgan fingerprint density at radius 1 is 0.971 bits per heavy atom. The third-order valence-corrected chi connectivity index (χ3v) is 5.77. The molecule has 1 aliphatic rings. The van der Waals surface area contributed by atoms with E-state index in [4.69, 9.17) is 14.6 Å². The van der Waals surface area contributed by atoms with Crippen molar-refractivity contribution in [3.8, 4) is 11.1 Å². The van der Waals surface area contributed by atoms with E-state index in [1.807, 2.05) is 31.2 Å². The summed E-state index contributed by atoms with van der Waals surface area (Å²) >= 11 is 0. The molecule has 3 rings (SSSR count). The number of carbonyl (C=O) groups is 3. The fraction of sp³-hybridized carbons (Fsp3) is 0.423. The van der Waals surface area contributed by atoms with Crippen molar-refractivity contribution in [1.29, 1.82) is 0 Å². The predicted molar refractivity (Wildman–Crippen MR) is 128 cm³/mol. The maximum absolute atomic E-state index is 12.1. The van der Waals surface area contributed by atoms with Crippen LogP contribution in [0.3, 0.4) is 0 Å². The van der Waals surface area contributed by atoms with E-state index in [9.17, 15) is 14.4 Å². The summed E-state index contributed by atoms with van der Waals surface area (Å²) in [4.78, 5) is 34.5. The van der Waals surface area contributed by atoms with Crippen LogP contribution >= 0.6 is 0 Å². The second-order valence-corrected chi connectivity index (χ2v) is 8.37. The minimum absolute atomic E-state index is 0.0134. The van der Waals surface area contributed by atoms with Crippen molar-refractivity contribution in [3.05, 3.63) is 59.7 Å². The molecule has 8 nitrogen and oxygen atoms in total. The second-order valence-electron chi connectivity index (χ2n) is 8.37. The molecule has 0 saturated heterocycles. The molecule has 3 N–H and O–H groups in total. The van der Waals surface area contributed by atoms with Crippen LogP contribution in [-0.4, -0.2) is 55.5 Å². The number of benzene rings is 2. The lowest BCUT2D eigenvalue weighted by Crippen LogP contribution is -2.33. The van der Waals surface area contributed by atoms with Crippen molar-refractivity contribution in [3.63, 3.8) is 0 Å². The van der Waals surface area contributed by atoms with Gasteiger partial charge in [0.15, 0.2) is 0 Å². The average Bonchev–Trinajstić information content (AvgIpc) is 3.13. The highest BCUT2D eigenvalue weighted by atomic mass is 16.5. The van der Waals surface area contributed by atoms with Crippen LogP contribution in [0.15, 0.2) is 48.5 Å². The van der Waals surface area contributed by atoms with Crippen LogP contribution in [0.5, 0.6) is 0 Å². The Hall–Kier alpha value is -3.39. The summed E-state index contributed by atoms with van der Waals surface area (Å²) in [5, 5.41) is 14.1. The molecule has 1 aliphatic carbocycles. The SMILES string of the molecule is CC(CCCC(=O)O)NC(=O)CCOCCNC(=O)OCC1c2ccccc2-c2ccccc21. The molecule has 0 spiro atoms. The highest BCUT2D eigenvalue weighted by Crippen LogP contribution is 2.44. The maximum Gasteiger partial charge on any atom is 0.407 e. The van der Waals surface area contributed by atoms with Crippen LogP contribution in [0.1, 0.15) is 49.7 Å². The summed E-state index contributed by atoms with van der Waals surface area (Å²) < 4.78 is 10.9. The fourth-order valence-electron chi connectivity index (χ4n) is 4.12. The maximum atomic E-state index is 12.1. The van der Waals surface area contributed by atoms with Gasteiger partial charge in [-0.15, -0.1) is 0 Å². The number of aliphatic carboxylic acids is 1. The van der Waals surface area contributed by atoms with Crippen LogP contribution in [-0.2, 0) is 19.1 Å². The third-order valence-electron chi connectivity index (χ3n) is 5.77. The van der Waals surface area contributed by atoms with Crippen molar-refractivity contribution in [1.82, 2.24) is 10.6 Å². The Balaban J connectivity index is 1.28. The van der Waals surface area contributed by atoms with Crippen LogP contribution in [0.25, 0.3) is 11.1 Å². The number of hydrogen-bond donors (Lipinski definition) is 3. The van der Waals surface area contributed by atoms with Crippen LogP contribution < -0.4 is 10.6 Å². The Kier molecular flexibility index (Phi) is 9.46. The molecular weight excluding hydrogens is 436 g/mol. The Morgan fingerprint density at radius 2 is 1.62 bits per heavy atom. The topological polar surface area (TPSA) is 114 Å². The lowest BCUT2D eigenvalue weighted by molar-refractivity contribution is -0.137. The second kappa shape index (κ2) is 12.7. The first-order chi connectivity index (χ1) is 16.5. The standard InChI is InChI=1S/C26H32N2O6/c1-18(7-6-12-25(30)31)28-24(29)13-15-33-16-14-27-26(32)34-17-23-21-10-4-2-8-19(21)20-9-3-5-11-22(20)23/h2-5,8-11,18,23H,6-7,12-17H2,1H3,(H,27,32)(H,28,29)(H,30,31). The normalized spacial score (nSPS) is 13.0. The number of fused-ring (bicyclic) bond motifs is 3. The minimum Gasteiger partial charge on any atom is -0.481 e. The molecule has 0 aliphatic heterocycles. The number of carboxylic acids is 1. The van der Waals surface area contributed by atoms with Gasteiger partial charge in [-0.1, -0.05) is 48.5 Å². The summed E-state index contributed by atoms with van der Waals surface area (Å²) in [6, 6.07) is 16.3. The monoisotopic (exact) mass is 468 g/mol. The largest absolute Gasteiger partial charge is 0.481 e. The molecule has 0 aromatic heterocycles. The molecule has 1 unspecified atom stereocenters. The van der Waals surface area contributed by atoms with Gasteiger partial charge in [-0.2, -0.15) is 0 Å². The van der Waals surface area contributed by atoms with Crippen molar-refractivity contribution >= 4 is 18.0 Å². The molecular formula is C26H32N2O6. The number of carboxylic acid groups (broad SMARTS) is 1. The Labute approximate surface area is 199 Å². The summed E-state index contributed by atoms with van der Waals surface area (Å²) in [5.74, 6) is -0.967. The zero-order valence-electron chi connectivity index (χ0n) is 19.4. The zero-order valence-corrected chi connectivity index (χ0v) is 19.4. The lowest BCUT2D eigenvalue weighted by Gasteiger charge is -2.15. The van der Waals surface area contributed by atoms with Gasteiger partial charge in [0.2, 0.25) is 5.91 Å². The van der Waals surface area contributed by atoms with Gasteiger partial charge in [0, 0.05) is 31.3 Å². The summed E-state index contributed by atoms with van der Waals surface area (Å²) in [6.07, 6.45) is 0.935. The molecule has 34 heavy (non-hydrogen) atoms. The highest BCUT2D eigenvalue weighted by molar-refractivity contribution is 5.79. The first-order valence-electron chi connectivity index (χ1n) is 11.6. The Bertz CT molecular complexity index is 947. The van der Waals surface area contributed by atoms with Crippen molar-refractivity contribution in [2.24, 2.45) is 0 Å². The van der Waals surface area contributed by atoms with E-state index in [1.165, 1.54) is 11.1 Å². The summed E-state index contributed by atoms with van der Waals surface area (Å²) in [5.41, 5.74) is 4.68. The molecule has 0 saturated carbocycles. The van der Waals surface area contributed by atoms with Gasteiger partial charge in [-0.05, 0) is 42.0 Å². The minimum atomic E-state index is -0.835. The molecule has 0 bridgehead atoms. The van der Waals surface area contributed by atoms with E-state index in [-0.39, 0.29) is 57.1 Å². The molecule has 0 heterocycles. The van der Waals surface area contributed by atoms with Gasteiger partial charge in [-0.25, -0.2) is 4.79 Å². The predicted octanol–water partition coefficient (Wildman–Crippen LogP) is 3.69. The van der Waals surface area contributed by atoms with E-state index in [0.717, 1.165) is 11.1 Å². The molecule has 182 valence electrons. The first-order valence-corrected chi connectivity index (χ1v) is 11.6. The van der Waals surface area contributed by atoms with E-state index >= 15 is 0 Å². The molecule has 2 aromatic rings. The highest BCUT2D eigenvalue weighted by Gasteiger charge is 2.28. The van der Waals surface area contributed by atoms with Crippen molar-refractivity contribution in [2.45, 2.75) is 44.6 Å². The third kappa shape index (κ3) is 7.31. The molecule has 0 radical (unpaired) electrons.